The second-order valence-electron chi connectivity index (χ2n) is 4.52. The molecule has 0 saturated carbocycles. The van der Waals surface area contributed by atoms with Crippen LogP contribution < -0.4 is 0 Å². The summed E-state index contributed by atoms with van der Waals surface area (Å²) in [6.45, 7) is 9.97. The molecular formula is C10H19NO3. The molecule has 0 N–H and O–H groups in total. The van der Waals surface area contributed by atoms with E-state index in [9.17, 15) is 4.79 Å². The van der Waals surface area contributed by atoms with Crippen LogP contribution in [0.25, 0.3) is 0 Å². The van der Waals surface area contributed by atoms with E-state index in [-0.39, 0.29) is 11.8 Å². The lowest BCUT2D eigenvalue weighted by Crippen LogP contribution is -2.57. The zero-order valence-electron chi connectivity index (χ0n) is 9.32. The van der Waals surface area contributed by atoms with Gasteiger partial charge in [0.2, 0.25) is 0 Å². The van der Waals surface area contributed by atoms with Crippen molar-refractivity contribution in [2.24, 2.45) is 0 Å². The summed E-state index contributed by atoms with van der Waals surface area (Å²) >= 11 is 0. The van der Waals surface area contributed by atoms with Crippen LogP contribution in [0.1, 0.15) is 27.7 Å². The molecule has 1 aliphatic heterocycles. The highest BCUT2D eigenvalue weighted by Gasteiger charge is 2.35. The number of ether oxygens (including phenoxy) is 2. The number of hydrogen-bond donors (Lipinski definition) is 0. The molecule has 0 aromatic carbocycles. The number of morpholine rings is 1. The molecule has 1 saturated heterocycles. The molecule has 4 nitrogen and oxygen atoms in total. The summed E-state index contributed by atoms with van der Waals surface area (Å²) in [5, 5.41) is 0. The fourth-order valence-electron chi connectivity index (χ4n) is 1.68. The fourth-order valence-corrected chi connectivity index (χ4v) is 1.68. The van der Waals surface area contributed by atoms with Crippen LogP contribution in [0.4, 0.5) is 0 Å². The highest BCUT2D eigenvalue weighted by Crippen LogP contribution is 2.22. The number of hydrogen-bond acceptors (Lipinski definition) is 4. The van der Waals surface area contributed by atoms with Crippen molar-refractivity contribution in [2.75, 3.05) is 13.2 Å². The van der Waals surface area contributed by atoms with E-state index in [0.29, 0.717) is 19.1 Å². The Balaban J connectivity index is 2.65. The second-order valence-corrected chi connectivity index (χ2v) is 4.52. The molecule has 1 fully saturated rings. The zero-order valence-corrected chi connectivity index (χ0v) is 9.32. The van der Waals surface area contributed by atoms with E-state index in [2.05, 4.69) is 18.7 Å². The Bertz CT molecular complexity index is 204. The van der Waals surface area contributed by atoms with Crippen molar-refractivity contribution in [3.05, 3.63) is 0 Å². The standard InChI is InChI=1S/C10H19NO3/c1-8(2)11-6-10(3,4)14-5-9(11)13-7-12/h7-9H,5-6H2,1-4H3. The third kappa shape index (κ3) is 2.69. The second kappa shape index (κ2) is 4.28. The van der Waals surface area contributed by atoms with E-state index in [0.717, 1.165) is 6.54 Å². The minimum atomic E-state index is -0.236. The van der Waals surface area contributed by atoms with Gasteiger partial charge in [0, 0.05) is 12.6 Å². The summed E-state index contributed by atoms with van der Waals surface area (Å²) in [4.78, 5) is 12.4. The Kier molecular flexibility index (Phi) is 3.50. The molecule has 1 rings (SSSR count). The molecule has 82 valence electrons. The van der Waals surface area contributed by atoms with Crippen molar-refractivity contribution < 1.29 is 14.3 Å². The van der Waals surface area contributed by atoms with E-state index >= 15 is 0 Å². The van der Waals surface area contributed by atoms with Gasteiger partial charge in [-0.25, -0.2) is 0 Å². The average Bonchev–Trinajstić information content (AvgIpc) is 2.08. The molecule has 1 atom stereocenters. The lowest BCUT2D eigenvalue weighted by atomic mass is 10.1. The molecule has 14 heavy (non-hydrogen) atoms. The van der Waals surface area contributed by atoms with Gasteiger partial charge in [-0.15, -0.1) is 0 Å². The van der Waals surface area contributed by atoms with Crippen LogP contribution in [0.2, 0.25) is 0 Å². The first-order chi connectivity index (χ1) is 6.46. The Labute approximate surface area is 85.2 Å². The highest BCUT2D eigenvalue weighted by atomic mass is 16.6. The van der Waals surface area contributed by atoms with Crippen molar-refractivity contribution in [3.8, 4) is 0 Å². The Morgan fingerprint density at radius 3 is 2.71 bits per heavy atom. The van der Waals surface area contributed by atoms with Gasteiger partial charge in [0.05, 0.1) is 12.2 Å². The summed E-state index contributed by atoms with van der Waals surface area (Å²) in [7, 11) is 0. The van der Waals surface area contributed by atoms with Gasteiger partial charge in [-0.1, -0.05) is 0 Å². The Hall–Kier alpha value is -0.610. The maximum Gasteiger partial charge on any atom is 0.294 e. The first-order valence-corrected chi connectivity index (χ1v) is 4.95. The van der Waals surface area contributed by atoms with E-state index < -0.39 is 0 Å². The van der Waals surface area contributed by atoms with E-state index in [1.165, 1.54) is 0 Å². The van der Waals surface area contributed by atoms with Crippen molar-refractivity contribution in [2.45, 2.75) is 45.6 Å². The van der Waals surface area contributed by atoms with Crippen LogP contribution in [0.5, 0.6) is 0 Å². The molecule has 1 aliphatic rings. The maximum atomic E-state index is 10.3. The normalized spacial score (nSPS) is 27.6. The number of rotatable bonds is 3. The highest BCUT2D eigenvalue weighted by molar-refractivity contribution is 5.37. The van der Waals surface area contributed by atoms with Crippen molar-refractivity contribution in [1.29, 1.82) is 0 Å². The SMILES string of the molecule is CC(C)N1CC(C)(C)OCC1OC=O. The van der Waals surface area contributed by atoms with Crippen LogP contribution in [-0.2, 0) is 14.3 Å². The molecule has 4 heteroatoms. The van der Waals surface area contributed by atoms with Crippen LogP contribution in [0, 0.1) is 0 Å². The molecule has 1 unspecified atom stereocenters. The van der Waals surface area contributed by atoms with Gasteiger partial charge < -0.3 is 9.47 Å². The molecule has 0 amide bonds. The van der Waals surface area contributed by atoms with E-state index in [4.69, 9.17) is 9.47 Å². The quantitative estimate of drug-likeness (QED) is 0.639. The minimum Gasteiger partial charge on any atom is -0.446 e. The molecule has 0 bridgehead atoms. The number of nitrogens with zero attached hydrogens (tertiary/aromatic N) is 1. The Morgan fingerprint density at radius 1 is 1.57 bits per heavy atom. The van der Waals surface area contributed by atoms with E-state index in [1.54, 1.807) is 0 Å². The van der Waals surface area contributed by atoms with Crippen LogP contribution in [0.3, 0.4) is 0 Å². The van der Waals surface area contributed by atoms with Gasteiger partial charge in [-0.3, -0.25) is 9.69 Å². The molecule has 0 spiro atoms. The van der Waals surface area contributed by atoms with Crippen LogP contribution >= 0.6 is 0 Å². The van der Waals surface area contributed by atoms with Crippen molar-refractivity contribution in [3.63, 3.8) is 0 Å². The third-order valence-corrected chi connectivity index (χ3v) is 2.43. The first kappa shape index (κ1) is 11.5. The summed E-state index contributed by atoms with van der Waals surface area (Å²) in [6, 6.07) is 0.350. The maximum absolute atomic E-state index is 10.3. The summed E-state index contributed by atoms with van der Waals surface area (Å²) in [6.07, 6.45) is -0.236. The van der Waals surface area contributed by atoms with Crippen molar-refractivity contribution in [1.82, 2.24) is 4.90 Å². The summed E-state index contributed by atoms with van der Waals surface area (Å²) in [5.41, 5.74) is -0.160. The van der Waals surface area contributed by atoms with E-state index in [1.807, 2.05) is 13.8 Å². The van der Waals surface area contributed by atoms with Crippen LogP contribution in [0.15, 0.2) is 0 Å². The van der Waals surface area contributed by atoms with Gasteiger partial charge in [-0.05, 0) is 27.7 Å². The van der Waals surface area contributed by atoms with Gasteiger partial charge in [0.15, 0.2) is 6.23 Å². The molecule has 0 aromatic heterocycles. The van der Waals surface area contributed by atoms with Gasteiger partial charge in [-0.2, -0.15) is 0 Å². The Morgan fingerprint density at radius 2 is 2.21 bits per heavy atom. The topological polar surface area (TPSA) is 38.8 Å². The predicted molar refractivity (Wildman–Crippen MR) is 52.8 cm³/mol. The summed E-state index contributed by atoms with van der Waals surface area (Å²) < 4.78 is 10.6. The van der Waals surface area contributed by atoms with Gasteiger partial charge in [0.1, 0.15) is 0 Å². The largest absolute Gasteiger partial charge is 0.446 e. The predicted octanol–water partition coefficient (Wildman–Crippen LogP) is 1.00. The fraction of sp³-hybridized carbons (Fsp3) is 0.900. The lowest BCUT2D eigenvalue weighted by Gasteiger charge is -2.44. The lowest BCUT2D eigenvalue weighted by molar-refractivity contribution is -0.198. The van der Waals surface area contributed by atoms with Gasteiger partial charge in [0.25, 0.3) is 6.47 Å². The monoisotopic (exact) mass is 201 g/mol. The molecule has 0 aliphatic carbocycles. The third-order valence-electron chi connectivity index (χ3n) is 2.43. The minimum absolute atomic E-state index is 0.160. The number of carbonyl (C=O) groups is 1. The average molecular weight is 201 g/mol. The summed E-state index contributed by atoms with van der Waals surface area (Å²) in [5.74, 6) is 0. The molecule has 0 radical (unpaired) electrons. The molecular weight excluding hydrogens is 182 g/mol. The van der Waals surface area contributed by atoms with Crippen LogP contribution in [-0.4, -0.2) is 42.4 Å². The van der Waals surface area contributed by atoms with Gasteiger partial charge >= 0.3 is 0 Å². The smallest absolute Gasteiger partial charge is 0.294 e. The molecule has 1 heterocycles. The first-order valence-electron chi connectivity index (χ1n) is 4.95. The van der Waals surface area contributed by atoms with Crippen molar-refractivity contribution >= 4 is 6.47 Å². The molecule has 0 aromatic rings. The zero-order chi connectivity index (χ0) is 10.8. The number of carbonyl (C=O) groups excluding carboxylic acids is 1.